The Balaban J connectivity index is 1.43. The van der Waals surface area contributed by atoms with E-state index in [9.17, 15) is 9.59 Å². The molecule has 34 heavy (non-hydrogen) atoms. The van der Waals surface area contributed by atoms with E-state index in [4.69, 9.17) is 14.2 Å². The largest absolute Gasteiger partial charge is 0.497 e. The van der Waals surface area contributed by atoms with Crippen molar-refractivity contribution in [1.29, 1.82) is 0 Å². The lowest BCUT2D eigenvalue weighted by Gasteiger charge is -2.10. The maximum Gasteiger partial charge on any atom is 0.315 e. The number of hydrogen-bond donors (Lipinski definition) is 0. The molecule has 0 bridgehead atoms. The van der Waals surface area contributed by atoms with Crippen LogP contribution in [0.2, 0.25) is 0 Å². The zero-order chi connectivity index (χ0) is 23.8. The second kappa shape index (κ2) is 8.56. The number of methoxy groups -OCH3 is 1. The third-order valence-electron chi connectivity index (χ3n) is 5.97. The summed E-state index contributed by atoms with van der Waals surface area (Å²) in [5.41, 5.74) is 3.79. The number of ether oxygens (including phenoxy) is 3. The van der Waals surface area contributed by atoms with Crippen LogP contribution in [-0.4, -0.2) is 23.4 Å². The molecule has 0 amide bonds. The van der Waals surface area contributed by atoms with Gasteiger partial charge in [0.2, 0.25) is 5.78 Å². The summed E-state index contributed by atoms with van der Waals surface area (Å²) >= 11 is 0. The minimum atomic E-state index is -0.376. The maximum absolute atomic E-state index is 13.1. The number of Topliss-reactive ketones (excluding diaryl/α,β-unsaturated/α-hetero) is 1. The van der Waals surface area contributed by atoms with E-state index < -0.39 is 0 Å². The summed E-state index contributed by atoms with van der Waals surface area (Å²) in [7, 11) is 3.57. The monoisotopic (exact) mass is 453 g/mol. The van der Waals surface area contributed by atoms with Crippen LogP contribution in [0.1, 0.15) is 27.0 Å². The Morgan fingerprint density at radius 1 is 1.09 bits per heavy atom. The van der Waals surface area contributed by atoms with E-state index in [0.717, 1.165) is 27.8 Å². The molecule has 3 aromatic carbocycles. The molecule has 0 aliphatic carbocycles. The number of esters is 1. The zero-order valence-electron chi connectivity index (χ0n) is 19.1. The van der Waals surface area contributed by atoms with Crippen molar-refractivity contribution in [3.63, 3.8) is 0 Å². The van der Waals surface area contributed by atoms with E-state index in [1.54, 1.807) is 32.2 Å². The first kappa shape index (κ1) is 21.5. The van der Waals surface area contributed by atoms with Crippen molar-refractivity contribution in [3.05, 3.63) is 94.9 Å². The first-order valence-electron chi connectivity index (χ1n) is 10.9. The Morgan fingerprint density at radius 2 is 1.88 bits per heavy atom. The Labute approximate surface area is 197 Å². The van der Waals surface area contributed by atoms with Crippen molar-refractivity contribution >= 4 is 28.7 Å². The number of rotatable bonds is 5. The highest BCUT2D eigenvalue weighted by molar-refractivity contribution is 6.15. The Bertz CT molecular complexity index is 1460. The molecule has 2 heterocycles. The predicted octanol–water partition coefficient (Wildman–Crippen LogP) is 5.26. The van der Waals surface area contributed by atoms with Crippen LogP contribution in [0, 0.1) is 6.92 Å². The van der Waals surface area contributed by atoms with Gasteiger partial charge in [-0.2, -0.15) is 0 Å². The fraction of sp³-hybridized carbons (Fsp3) is 0.143. The summed E-state index contributed by atoms with van der Waals surface area (Å²) in [6, 6.07) is 18.5. The minimum Gasteiger partial charge on any atom is -0.497 e. The van der Waals surface area contributed by atoms with E-state index in [1.165, 1.54) is 0 Å². The fourth-order valence-electron chi connectivity index (χ4n) is 4.18. The molecule has 0 spiro atoms. The van der Waals surface area contributed by atoms with Crippen LogP contribution < -0.4 is 14.2 Å². The van der Waals surface area contributed by atoms with Gasteiger partial charge in [0, 0.05) is 35.3 Å². The van der Waals surface area contributed by atoms with Gasteiger partial charge in [-0.1, -0.05) is 30.3 Å². The van der Waals surface area contributed by atoms with Gasteiger partial charge < -0.3 is 18.8 Å². The zero-order valence-corrected chi connectivity index (χ0v) is 19.1. The number of nitrogens with zero attached hydrogens (tertiary/aromatic N) is 1. The van der Waals surface area contributed by atoms with Crippen LogP contribution in [0.4, 0.5) is 0 Å². The van der Waals surface area contributed by atoms with Gasteiger partial charge in [0.05, 0.1) is 19.1 Å². The van der Waals surface area contributed by atoms with Crippen LogP contribution in [0.15, 0.2) is 72.6 Å². The van der Waals surface area contributed by atoms with Crippen molar-refractivity contribution in [2.24, 2.45) is 7.05 Å². The lowest BCUT2D eigenvalue weighted by Crippen LogP contribution is -2.12. The molecule has 4 aromatic rings. The summed E-state index contributed by atoms with van der Waals surface area (Å²) in [5.74, 6) is 1.17. The molecule has 0 radical (unpaired) electrons. The maximum atomic E-state index is 13.1. The highest BCUT2D eigenvalue weighted by atomic mass is 16.5. The summed E-state index contributed by atoms with van der Waals surface area (Å²) in [6.07, 6.45) is 3.85. The number of fused-ring (bicyclic) bond motifs is 2. The molecule has 0 N–H and O–H groups in total. The van der Waals surface area contributed by atoms with Crippen molar-refractivity contribution in [2.45, 2.75) is 13.3 Å². The average molecular weight is 453 g/mol. The quantitative estimate of drug-likeness (QED) is 0.234. The van der Waals surface area contributed by atoms with Gasteiger partial charge in [0.1, 0.15) is 17.2 Å². The van der Waals surface area contributed by atoms with Gasteiger partial charge in [-0.05, 0) is 48.9 Å². The van der Waals surface area contributed by atoms with Crippen molar-refractivity contribution in [2.75, 3.05) is 7.11 Å². The number of benzene rings is 3. The summed E-state index contributed by atoms with van der Waals surface area (Å²) in [5, 5.41) is 0.953. The molecule has 0 fully saturated rings. The smallest absolute Gasteiger partial charge is 0.315 e. The molecule has 0 saturated carbocycles. The molecular weight excluding hydrogens is 430 g/mol. The second-order valence-corrected chi connectivity index (χ2v) is 8.22. The SMILES string of the molecule is COc1ccc2c(c1)c(/C=C1\Oc3c(ccc(OC(=O)Cc4ccccc4)c3C)C1=O)cn2C. The van der Waals surface area contributed by atoms with Crippen LogP contribution in [-0.2, 0) is 18.3 Å². The summed E-state index contributed by atoms with van der Waals surface area (Å²) < 4.78 is 18.9. The molecular formula is C28H23NO5. The molecule has 0 atom stereocenters. The van der Waals surface area contributed by atoms with Gasteiger partial charge in [0.25, 0.3) is 0 Å². The number of carbonyl (C=O) groups excluding carboxylic acids is 2. The predicted molar refractivity (Wildman–Crippen MR) is 129 cm³/mol. The molecule has 1 aliphatic heterocycles. The first-order valence-corrected chi connectivity index (χ1v) is 10.9. The number of aryl methyl sites for hydroxylation is 1. The average Bonchev–Trinajstić information content (AvgIpc) is 3.33. The minimum absolute atomic E-state index is 0.160. The second-order valence-electron chi connectivity index (χ2n) is 8.22. The molecule has 6 heteroatoms. The Hall–Kier alpha value is -4.32. The Morgan fingerprint density at radius 3 is 2.65 bits per heavy atom. The third kappa shape index (κ3) is 3.83. The van der Waals surface area contributed by atoms with Gasteiger partial charge in [-0.3, -0.25) is 9.59 Å². The topological polar surface area (TPSA) is 66.8 Å². The third-order valence-corrected chi connectivity index (χ3v) is 5.97. The van der Waals surface area contributed by atoms with Crippen molar-refractivity contribution in [3.8, 4) is 17.2 Å². The first-order chi connectivity index (χ1) is 16.4. The normalized spacial score (nSPS) is 13.7. The van der Waals surface area contributed by atoms with Crippen LogP contribution in [0.3, 0.4) is 0 Å². The molecule has 6 nitrogen and oxygen atoms in total. The van der Waals surface area contributed by atoms with E-state index in [2.05, 4.69) is 0 Å². The molecule has 170 valence electrons. The van der Waals surface area contributed by atoms with E-state index in [-0.39, 0.29) is 23.9 Å². The lowest BCUT2D eigenvalue weighted by molar-refractivity contribution is -0.133. The fourth-order valence-corrected chi connectivity index (χ4v) is 4.18. The molecule has 1 aromatic heterocycles. The van der Waals surface area contributed by atoms with Crippen molar-refractivity contribution in [1.82, 2.24) is 4.57 Å². The van der Waals surface area contributed by atoms with Gasteiger partial charge in [-0.15, -0.1) is 0 Å². The number of allylic oxidation sites excluding steroid dienone is 1. The number of carbonyl (C=O) groups is 2. The lowest BCUT2D eigenvalue weighted by atomic mass is 10.1. The van der Waals surface area contributed by atoms with Crippen molar-refractivity contribution < 1.29 is 23.8 Å². The molecule has 0 unspecified atom stereocenters. The molecule has 1 aliphatic rings. The van der Waals surface area contributed by atoms with E-state index in [0.29, 0.717) is 22.6 Å². The molecule has 5 rings (SSSR count). The van der Waals surface area contributed by atoms with Crippen LogP contribution in [0.5, 0.6) is 17.2 Å². The number of ketones is 1. The number of aromatic nitrogens is 1. The standard InChI is InChI=1S/C28H23NO5/c1-17-24(33-26(30)13-18-7-5-4-6-8-18)12-10-21-27(31)25(34-28(17)21)14-19-16-29(2)23-11-9-20(32-3)15-22(19)23/h4-12,14-16H,13H2,1-3H3/b25-14-. The summed E-state index contributed by atoms with van der Waals surface area (Å²) in [6.45, 7) is 1.78. The van der Waals surface area contributed by atoms with E-state index >= 15 is 0 Å². The van der Waals surface area contributed by atoms with Crippen LogP contribution in [0.25, 0.3) is 17.0 Å². The van der Waals surface area contributed by atoms with Gasteiger partial charge >= 0.3 is 5.97 Å². The van der Waals surface area contributed by atoms with Gasteiger partial charge in [-0.25, -0.2) is 0 Å². The van der Waals surface area contributed by atoms with Crippen LogP contribution >= 0.6 is 0 Å². The number of hydrogen-bond acceptors (Lipinski definition) is 5. The highest BCUT2D eigenvalue weighted by Crippen LogP contribution is 2.40. The highest BCUT2D eigenvalue weighted by Gasteiger charge is 2.31. The van der Waals surface area contributed by atoms with E-state index in [1.807, 2.05) is 66.3 Å². The summed E-state index contributed by atoms with van der Waals surface area (Å²) in [4.78, 5) is 25.5. The molecule has 0 saturated heterocycles. The Kier molecular flexibility index (Phi) is 5.42. The van der Waals surface area contributed by atoms with Gasteiger partial charge in [0.15, 0.2) is 5.76 Å².